The van der Waals surface area contributed by atoms with E-state index in [1.54, 1.807) is 0 Å². The summed E-state index contributed by atoms with van der Waals surface area (Å²) in [6, 6.07) is 9.37. The molecule has 3 aromatic rings. The van der Waals surface area contributed by atoms with Gasteiger partial charge in [0.25, 0.3) is 11.8 Å². The molecule has 32 heavy (non-hydrogen) atoms. The molecule has 13 heteroatoms. The van der Waals surface area contributed by atoms with Gasteiger partial charge in [0, 0.05) is 16.8 Å². The zero-order chi connectivity index (χ0) is 23.7. The number of hydrogen-bond donors (Lipinski definition) is 2. The minimum absolute atomic E-state index is 0.0643. The number of halogens is 5. The molecule has 7 nitrogen and oxygen atoms in total. The quantitative estimate of drug-likeness (QED) is 0.470. The van der Waals surface area contributed by atoms with Crippen LogP contribution >= 0.6 is 11.6 Å². The smallest absolute Gasteiger partial charge is 0.435 e. The molecule has 0 aliphatic heterocycles. The predicted molar refractivity (Wildman–Crippen MR) is 108 cm³/mol. The van der Waals surface area contributed by atoms with Crippen LogP contribution in [-0.2, 0) is 15.9 Å². The third kappa shape index (κ3) is 5.32. The first-order valence-electron chi connectivity index (χ1n) is 8.58. The highest BCUT2D eigenvalue weighted by molar-refractivity contribution is 7.91. The van der Waals surface area contributed by atoms with Crippen LogP contribution in [0.3, 0.4) is 0 Å². The Morgan fingerprint density at radius 1 is 1.16 bits per heavy atom. The third-order valence-corrected chi connectivity index (χ3v) is 5.48. The average molecular weight is 489 g/mol. The van der Waals surface area contributed by atoms with Crippen molar-refractivity contribution in [3.63, 3.8) is 0 Å². The number of alkyl halides is 3. The van der Waals surface area contributed by atoms with Gasteiger partial charge in [0.1, 0.15) is 16.4 Å². The molecule has 0 radical (unpaired) electrons. The second-order valence-corrected chi connectivity index (χ2v) is 8.96. The molecule has 2 aromatic carbocycles. The Hall–Kier alpha value is -3.25. The van der Waals surface area contributed by atoms with Crippen LogP contribution in [0.2, 0.25) is 5.02 Å². The highest BCUT2D eigenvalue weighted by atomic mass is 35.5. The normalized spacial score (nSPS) is 13.3. The number of nitrogens with zero attached hydrogens (tertiary/aromatic N) is 2. The fraction of sp³-hybridized carbons (Fsp3) is 0.105. The summed E-state index contributed by atoms with van der Waals surface area (Å²) in [5.74, 6) is -2.88. The first-order valence-corrected chi connectivity index (χ1v) is 10.9. The number of carbonyl (C=O) groups excluding carboxylic acids is 1. The first kappa shape index (κ1) is 23.4. The zero-order valence-corrected chi connectivity index (χ0v) is 17.6. The molecule has 0 aliphatic carbocycles. The summed E-state index contributed by atoms with van der Waals surface area (Å²) in [7, 11) is -3.11. The van der Waals surface area contributed by atoms with Crippen LogP contribution in [0.1, 0.15) is 16.1 Å². The number of anilines is 1. The maximum Gasteiger partial charge on any atom is 0.435 e. The number of rotatable bonds is 5. The number of hydrogen-bond acceptors (Lipinski definition) is 6. The lowest BCUT2D eigenvalue weighted by Crippen LogP contribution is -2.18. The molecule has 3 rings (SSSR count). The topological polar surface area (TPSA) is 105 Å². The molecule has 0 fully saturated rings. The van der Waals surface area contributed by atoms with Crippen LogP contribution in [0.5, 0.6) is 11.6 Å². The summed E-state index contributed by atoms with van der Waals surface area (Å²) in [5, 5.41) is 8.20. The summed E-state index contributed by atoms with van der Waals surface area (Å²) in [6.07, 6.45) is -3.74. The fourth-order valence-electron chi connectivity index (χ4n) is 2.44. The lowest BCUT2D eigenvalue weighted by Gasteiger charge is -2.13. The van der Waals surface area contributed by atoms with Gasteiger partial charge < -0.3 is 10.1 Å². The molecular weight excluding hydrogens is 476 g/mol. The van der Waals surface area contributed by atoms with Crippen molar-refractivity contribution in [1.29, 1.82) is 4.78 Å². The van der Waals surface area contributed by atoms with Gasteiger partial charge in [0.2, 0.25) is 0 Å². The molecule has 0 aliphatic rings. The number of ether oxygens (including phenoxy) is 1. The van der Waals surface area contributed by atoms with Crippen LogP contribution in [0.15, 0.2) is 53.4 Å². The number of nitrogens with one attached hydrogen (secondary N) is 2. The summed E-state index contributed by atoms with van der Waals surface area (Å²) < 4.78 is 77.8. The monoisotopic (exact) mass is 488 g/mol. The lowest BCUT2D eigenvalue weighted by molar-refractivity contribution is -0.141. The van der Waals surface area contributed by atoms with E-state index in [0.717, 1.165) is 6.07 Å². The van der Waals surface area contributed by atoms with E-state index in [-0.39, 0.29) is 16.3 Å². The summed E-state index contributed by atoms with van der Waals surface area (Å²) in [5.41, 5.74) is -2.06. The van der Waals surface area contributed by atoms with Crippen molar-refractivity contribution in [2.45, 2.75) is 11.1 Å². The van der Waals surface area contributed by atoms with Crippen molar-refractivity contribution >= 4 is 32.9 Å². The number of carbonyl (C=O) groups is 1. The minimum Gasteiger partial charge on any atom is -0.435 e. The molecule has 1 unspecified atom stereocenters. The van der Waals surface area contributed by atoms with Crippen LogP contribution < -0.4 is 10.1 Å². The van der Waals surface area contributed by atoms with E-state index in [4.69, 9.17) is 21.1 Å². The Labute approximate surface area is 184 Å². The Morgan fingerprint density at radius 2 is 1.84 bits per heavy atom. The highest BCUT2D eigenvalue weighted by Gasteiger charge is 2.35. The lowest BCUT2D eigenvalue weighted by atomic mass is 10.2. The Balaban J connectivity index is 2.02. The molecule has 0 saturated carbocycles. The Morgan fingerprint density at radius 3 is 2.50 bits per heavy atom. The molecule has 168 valence electrons. The van der Waals surface area contributed by atoms with E-state index in [9.17, 15) is 26.6 Å². The summed E-state index contributed by atoms with van der Waals surface area (Å²) in [6.45, 7) is 0. The third-order valence-electron chi connectivity index (χ3n) is 3.96. The maximum atomic E-state index is 13.7. The largest absolute Gasteiger partial charge is 0.435 e. The van der Waals surface area contributed by atoms with Gasteiger partial charge in [-0.25, -0.2) is 13.4 Å². The van der Waals surface area contributed by atoms with Gasteiger partial charge in [-0.05, 0) is 36.4 Å². The average Bonchev–Trinajstić information content (AvgIpc) is 2.70. The molecular formula is C19H13ClF4N4O3S. The SMILES string of the molecule is CS(=N)(=O)c1cccc(NC(=O)c2cc(C(F)(F)F)nnc2Oc2cccc(F)c2Cl)c1. The van der Waals surface area contributed by atoms with E-state index in [1.165, 1.54) is 42.7 Å². The maximum absolute atomic E-state index is 13.7. The van der Waals surface area contributed by atoms with Crippen molar-refractivity contribution in [3.05, 3.63) is 70.6 Å². The van der Waals surface area contributed by atoms with Gasteiger partial charge in [-0.15, -0.1) is 10.2 Å². The van der Waals surface area contributed by atoms with Crippen LogP contribution in [0.4, 0.5) is 23.2 Å². The standard InChI is InChI=1S/C19H13ClF4N4O3S/c1-32(25,30)11-5-2-4-10(8-11)26-17(29)12-9-15(19(22,23)24)27-28-18(12)31-14-7-3-6-13(21)16(14)20/h2-9,25H,1H3,(H,26,29). The van der Waals surface area contributed by atoms with Crippen LogP contribution in [0, 0.1) is 10.6 Å². The molecule has 1 atom stereocenters. The van der Waals surface area contributed by atoms with Gasteiger partial charge in [0.05, 0.1) is 9.73 Å². The van der Waals surface area contributed by atoms with Crippen molar-refractivity contribution in [2.75, 3.05) is 11.6 Å². The Kier molecular flexibility index (Phi) is 6.37. The first-order chi connectivity index (χ1) is 14.9. The number of benzene rings is 2. The minimum atomic E-state index is -4.91. The molecule has 0 spiro atoms. The molecule has 1 aromatic heterocycles. The van der Waals surface area contributed by atoms with Gasteiger partial charge in [-0.1, -0.05) is 23.7 Å². The highest BCUT2D eigenvalue weighted by Crippen LogP contribution is 2.34. The zero-order valence-electron chi connectivity index (χ0n) is 16.0. The second-order valence-electron chi connectivity index (χ2n) is 6.43. The summed E-state index contributed by atoms with van der Waals surface area (Å²) >= 11 is 5.80. The van der Waals surface area contributed by atoms with E-state index in [2.05, 4.69) is 15.5 Å². The van der Waals surface area contributed by atoms with E-state index in [1.807, 2.05) is 0 Å². The van der Waals surface area contributed by atoms with Gasteiger partial charge >= 0.3 is 6.18 Å². The predicted octanol–water partition coefficient (Wildman–Crippen LogP) is 5.37. The van der Waals surface area contributed by atoms with Crippen molar-refractivity contribution in [2.24, 2.45) is 0 Å². The number of aromatic nitrogens is 2. The van der Waals surface area contributed by atoms with E-state index in [0.29, 0.717) is 6.07 Å². The van der Waals surface area contributed by atoms with E-state index >= 15 is 0 Å². The molecule has 0 bridgehead atoms. The van der Waals surface area contributed by atoms with Gasteiger partial charge in [0.15, 0.2) is 11.4 Å². The van der Waals surface area contributed by atoms with Crippen LogP contribution in [-0.4, -0.2) is 26.6 Å². The van der Waals surface area contributed by atoms with Crippen molar-refractivity contribution < 1.29 is 31.3 Å². The number of amides is 1. The summed E-state index contributed by atoms with van der Waals surface area (Å²) in [4.78, 5) is 12.9. The van der Waals surface area contributed by atoms with Crippen molar-refractivity contribution in [3.8, 4) is 11.6 Å². The molecule has 1 amide bonds. The molecule has 0 saturated heterocycles. The van der Waals surface area contributed by atoms with Gasteiger partial charge in [-0.2, -0.15) is 13.2 Å². The van der Waals surface area contributed by atoms with Gasteiger partial charge in [-0.3, -0.25) is 4.79 Å². The second kappa shape index (κ2) is 8.71. The van der Waals surface area contributed by atoms with E-state index < -0.39 is 49.8 Å². The molecule has 1 heterocycles. The fourth-order valence-corrected chi connectivity index (χ4v) is 3.29. The Bertz CT molecular complexity index is 1300. The van der Waals surface area contributed by atoms with Crippen molar-refractivity contribution in [1.82, 2.24) is 10.2 Å². The van der Waals surface area contributed by atoms with Crippen LogP contribution in [0.25, 0.3) is 0 Å². The molecule has 2 N–H and O–H groups in total.